The number of imidazole rings is 1. The van der Waals surface area contributed by atoms with E-state index >= 15 is 0 Å². The molecule has 0 aliphatic carbocycles. The van der Waals surface area contributed by atoms with Gasteiger partial charge in [-0.3, -0.25) is 0 Å². The van der Waals surface area contributed by atoms with Crippen molar-refractivity contribution in [3.05, 3.63) is 29.0 Å². The van der Waals surface area contributed by atoms with E-state index in [-0.39, 0.29) is 0 Å². The zero-order valence-electron chi connectivity index (χ0n) is 11.0. The molecule has 5 heteroatoms. The highest BCUT2D eigenvalue weighted by molar-refractivity contribution is 7.99. The summed E-state index contributed by atoms with van der Waals surface area (Å²) in [4.78, 5) is 4.82. The Morgan fingerprint density at radius 2 is 2.42 bits per heavy atom. The normalized spacial score (nSPS) is 20.0. The van der Waals surface area contributed by atoms with Gasteiger partial charge in [0.2, 0.25) is 0 Å². The molecule has 19 heavy (non-hydrogen) atoms. The van der Waals surface area contributed by atoms with Gasteiger partial charge in [0, 0.05) is 24.6 Å². The van der Waals surface area contributed by atoms with Crippen LogP contribution in [0.2, 0.25) is 5.02 Å². The van der Waals surface area contributed by atoms with Crippen molar-refractivity contribution in [2.24, 2.45) is 0 Å². The van der Waals surface area contributed by atoms with Gasteiger partial charge in [0.25, 0.3) is 0 Å². The molecule has 0 saturated carbocycles. The zero-order chi connectivity index (χ0) is 13.2. The molecule has 1 atom stereocenters. The number of fused-ring (bicyclic) bond motifs is 1. The molecular formula is C14H18ClN3S. The van der Waals surface area contributed by atoms with Gasteiger partial charge in [0.05, 0.1) is 22.1 Å². The van der Waals surface area contributed by atoms with Gasteiger partial charge in [-0.1, -0.05) is 24.6 Å². The zero-order valence-corrected chi connectivity index (χ0v) is 12.6. The Labute approximate surface area is 122 Å². The predicted molar refractivity (Wildman–Crippen MR) is 83.1 cm³/mol. The number of halogens is 1. The van der Waals surface area contributed by atoms with E-state index in [1.807, 2.05) is 30.0 Å². The number of thioether (sulfide) groups is 1. The average molecular weight is 296 g/mol. The summed E-state index contributed by atoms with van der Waals surface area (Å²) in [5.41, 5.74) is 2.09. The molecule has 1 aromatic carbocycles. The maximum Gasteiger partial charge on any atom is 0.127 e. The van der Waals surface area contributed by atoms with Crippen LogP contribution in [0.3, 0.4) is 0 Å². The number of rotatable bonds is 3. The summed E-state index contributed by atoms with van der Waals surface area (Å²) in [5.74, 6) is 3.41. The average Bonchev–Trinajstić information content (AvgIpc) is 2.81. The second kappa shape index (κ2) is 5.73. The number of nitrogens with one attached hydrogen (secondary N) is 1. The van der Waals surface area contributed by atoms with Crippen molar-refractivity contribution in [2.45, 2.75) is 25.9 Å². The van der Waals surface area contributed by atoms with Crippen molar-refractivity contribution in [3.8, 4) is 0 Å². The molecule has 1 saturated heterocycles. The Morgan fingerprint density at radius 3 is 3.16 bits per heavy atom. The van der Waals surface area contributed by atoms with Gasteiger partial charge in [-0.25, -0.2) is 4.98 Å². The molecule has 1 unspecified atom stereocenters. The van der Waals surface area contributed by atoms with Crippen LogP contribution in [-0.4, -0.2) is 27.6 Å². The van der Waals surface area contributed by atoms with E-state index in [0.29, 0.717) is 6.04 Å². The molecule has 1 aliphatic rings. The van der Waals surface area contributed by atoms with Crippen LogP contribution in [0, 0.1) is 0 Å². The number of para-hydroxylation sites is 1. The van der Waals surface area contributed by atoms with Gasteiger partial charge in [0.15, 0.2) is 0 Å². The second-order valence-corrected chi connectivity index (χ2v) is 6.37. The van der Waals surface area contributed by atoms with Crippen molar-refractivity contribution in [3.63, 3.8) is 0 Å². The van der Waals surface area contributed by atoms with Crippen molar-refractivity contribution >= 4 is 34.4 Å². The third-order valence-electron chi connectivity index (χ3n) is 3.43. The Bertz CT molecular complexity index is 575. The minimum atomic E-state index is 0.341. The van der Waals surface area contributed by atoms with Gasteiger partial charge < -0.3 is 9.88 Å². The summed E-state index contributed by atoms with van der Waals surface area (Å²) in [6.07, 6.45) is 1.09. The first-order chi connectivity index (χ1) is 9.31. The van der Waals surface area contributed by atoms with Crippen molar-refractivity contribution < 1.29 is 0 Å². The van der Waals surface area contributed by atoms with E-state index in [0.717, 1.165) is 47.1 Å². The smallest absolute Gasteiger partial charge is 0.127 e. The van der Waals surface area contributed by atoms with Crippen LogP contribution >= 0.6 is 23.4 Å². The van der Waals surface area contributed by atoms with E-state index in [4.69, 9.17) is 16.6 Å². The molecule has 1 aliphatic heterocycles. The highest BCUT2D eigenvalue weighted by Crippen LogP contribution is 2.29. The summed E-state index contributed by atoms with van der Waals surface area (Å²) in [7, 11) is 0. The highest BCUT2D eigenvalue weighted by Gasteiger charge is 2.22. The molecule has 0 amide bonds. The second-order valence-electron chi connectivity index (χ2n) is 4.81. The molecule has 0 spiro atoms. The molecule has 1 N–H and O–H groups in total. The summed E-state index contributed by atoms with van der Waals surface area (Å²) in [6, 6.07) is 6.31. The molecule has 0 bridgehead atoms. The van der Waals surface area contributed by atoms with Gasteiger partial charge in [-0.2, -0.15) is 11.8 Å². The van der Waals surface area contributed by atoms with Gasteiger partial charge in [0.1, 0.15) is 5.82 Å². The van der Waals surface area contributed by atoms with Crippen molar-refractivity contribution in [1.29, 1.82) is 0 Å². The number of aromatic nitrogens is 2. The maximum absolute atomic E-state index is 6.36. The molecule has 2 heterocycles. The Balaban J connectivity index is 2.11. The van der Waals surface area contributed by atoms with Crippen LogP contribution < -0.4 is 5.32 Å². The van der Waals surface area contributed by atoms with E-state index in [1.54, 1.807) is 0 Å². The summed E-state index contributed by atoms with van der Waals surface area (Å²) in [5, 5.41) is 4.37. The fraction of sp³-hybridized carbons (Fsp3) is 0.500. The van der Waals surface area contributed by atoms with E-state index in [9.17, 15) is 0 Å². The van der Waals surface area contributed by atoms with E-state index in [2.05, 4.69) is 16.8 Å². The minimum absolute atomic E-state index is 0.341. The van der Waals surface area contributed by atoms with Crippen molar-refractivity contribution in [2.75, 3.05) is 18.1 Å². The number of hydrogen-bond acceptors (Lipinski definition) is 3. The lowest BCUT2D eigenvalue weighted by Gasteiger charge is -2.23. The van der Waals surface area contributed by atoms with Gasteiger partial charge >= 0.3 is 0 Å². The summed E-state index contributed by atoms with van der Waals surface area (Å²) >= 11 is 8.35. The Kier molecular flexibility index (Phi) is 4.01. The summed E-state index contributed by atoms with van der Waals surface area (Å²) < 4.78 is 2.29. The van der Waals surface area contributed by atoms with Crippen LogP contribution in [0.1, 0.15) is 25.2 Å². The molecule has 102 valence electrons. The third-order valence-corrected chi connectivity index (χ3v) is 4.79. The monoisotopic (exact) mass is 295 g/mol. The van der Waals surface area contributed by atoms with Gasteiger partial charge in [-0.05, 0) is 18.6 Å². The number of hydrogen-bond donors (Lipinski definition) is 1. The fourth-order valence-corrected chi connectivity index (χ4v) is 3.81. The van der Waals surface area contributed by atoms with Crippen molar-refractivity contribution in [1.82, 2.24) is 14.9 Å². The molecule has 1 fully saturated rings. The Morgan fingerprint density at radius 1 is 1.53 bits per heavy atom. The van der Waals surface area contributed by atoms with Crippen LogP contribution in [0.5, 0.6) is 0 Å². The molecule has 3 nitrogen and oxygen atoms in total. The van der Waals surface area contributed by atoms with Crippen LogP contribution in [0.4, 0.5) is 0 Å². The molecule has 0 radical (unpaired) electrons. The first kappa shape index (κ1) is 13.3. The predicted octanol–water partition coefficient (Wildman–Crippen LogP) is 3.48. The number of nitrogens with zero attached hydrogens (tertiary/aromatic N) is 2. The van der Waals surface area contributed by atoms with Crippen LogP contribution in [-0.2, 0) is 6.54 Å². The van der Waals surface area contributed by atoms with E-state index in [1.165, 1.54) is 5.75 Å². The lowest BCUT2D eigenvalue weighted by atomic mass is 10.3. The topological polar surface area (TPSA) is 29.9 Å². The standard InChI is InChI=1S/C14H18ClN3S/c1-2-7-18-13-10(15)4-3-5-11(13)17-14(18)12-9-19-8-6-16-12/h3-5,12,16H,2,6-9H2,1H3. The number of benzene rings is 1. The summed E-state index contributed by atoms with van der Waals surface area (Å²) in [6.45, 7) is 4.21. The quantitative estimate of drug-likeness (QED) is 0.940. The first-order valence-corrected chi connectivity index (χ1v) is 8.30. The number of aryl methyl sites for hydroxylation is 1. The largest absolute Gasteiger partial charge is 0.325 e. The maximum atomic E-state index is 6.36. The van der Waals surface area contributed by atoms with Crippen LogP contribution in [0.15, 0.2) is 18.2 Å². The lowest BCUT2D eigenvalue weighted by Crippen LogP contribution is -2.32. The lowest BCUT2D eigenvalue weighted by molar-refractivity contribution is 0.526. The molecule has 2 aromatic rings. The molecule has 3 rings (SSSR count). The SMILES string of the molecule is CCCn1c(C2CSCCN2)nc2cccc(Cl)c21. The molecule has 1 aromatic heterocycles. The minimum Gasteiger partial charge on any atom is -0.325 e. The van der Waals surface area contributed by atoms with E-state index < -0.39 is 0 Å². The highest BCUT2D eigenvalue weighted by atomic mass is 35.5. The Hall–Kier alpha value is -0.710. The fourth-order valence-electron chi connectivity index (χ4n) is 2.61. The van der Waals surface area contributed by atoms with Gasteiger partial charge in [-0.15, -0.1) is 0 Å². The third kappa shape index (κ3) is 2.49. The molecular weight excluding hydrogens is 278 g/mol. The van der Waals surface area contributed by atoms with Crippen LogP contribution in [0.25, 0.3) is 11.0 Å². The first-order valence-electron chi connectivity index (χ1n) is 6.77.